The maximum atomic E-state index is 5.49. The summed E-state index contributed by atoms with van der Waals surface area (Å²) in [5, 5.41) is 3.74. The number of ether oxygens (including phenoxy) is 2. The number of benzene rings is 1. The minimum Gasteiger partial charge on any atom is -0.497 e. The van der Waals surface area contributed by atoms with Gasteiger partial charge in [0.25, 0.3) is 0 Å². The van der Waals surface area contributed by atoms with Crippen LogP contribution in [0.2, 0.25) is 0 Å². The molecule has 1 saturated carbocycles. The fraction of sp³-hybridized carbons (Fsp3) is 0.647. The van der Waals surface area contributed by atoms with Crippen LogP contribution in [0.4, 0.5) is 0 Å². The van der Waals surface area contributed by atoms with Gasteiger partial charge >= 0.3 is 0 Å². The molecule has 0 heterocycles. The first-order valence-corrected chi connectivity index (χ1v) is 7.43. The van der Waals surface area contributed by atoms with Gasteiger partial charge in [-0.15, -0.1) is 0 Å². The summed E-state index contributed by atoms with van der Waals surface area (Å²) in [7, 11) is 3.39. The topological polar surface area (TPSA) is 30.5 Å². The Bertz CT molecular complexity index is 456. The van der Waals surface area contributed by atoms with E-state index in [1.807, 2.05) is 12.1 Å². The van der Waals surface area contributed by atoms with Crippen LogP contribution in [0.5, 0.6) is 11.5 Å². The SMILES string of the molecule is COc1ccc(C(C)NC2CCC(C)(C)C2)c(OC)c1. The Morgan fingerprint density at radius 2 is 2.00 bits per heavy atom. The molecule has 2 rings (SSSR count). The predicted molar refractivity (Wildman–Crippen MR) is 82.5 cm³/mol. The van der Waals surface area contributed by atoms with Crippen LogP contribution >= 0.6 is 0 Å². The quantitative estimate of drug-likeness (QED) is 0.884. The van der Waals surface area contributed by atoms with Crippen molar-refractivity contribution in [3.63, 3.8) is 0 Å². The molecule has 1 aliphatic carbocycles. The molecule has 3 heteroatoms. The van der Waals surface area contributed by atoms with Gasteiger partial charge in [-0.1, -0.05) is 19.9 Å². The Morgan fingerprint density at radius 1 is 1.25 bits per heavy atom. The number of hydrogen-bond acceptors (Lipinski definition) is 3. The monoisotopic (exact) mass is 277 g/mol. The Morgan fingerprint density at radius 3 is 2.55 bits per heavy atom. The largest absolute Gasteiger partial charge is 0.497 e. The van der Waals surface area contributed by atoms with Crippen LogP contribution in [-0.2, 0) is 0 Å². The minimum absolute atomic E-state index is 0.287. The van der Waals surface area contributed by atoms with Gasteiger partial charge in [0.15, 0.2) is 0 Å². The van der Waals surface area contributed by atoms with Crippen LogP contribution in [0.3, 0.4) is 0 Å². The molecule has 0 aliphatic heterocycles. The van der Waals surface area contributed by atoms with Crippen LogP contribution < -0.4 is 14.8 Å². The molecule has 0 spiro atoms. The lowest BCUT2D eigenvalue weighted by atomic mass is 9.91. The van der Waals surface area contributed by atoms with Crippen molar-refractivity contribution in [1.29, 1.82) is 0 Å². The van der Waals surface area contributed by atoms with Crippen molar-refractivity contribution in [2.45, 2.75) is 52.1 Å². The van der Waals surface area contributed by atoms with Crippen LogP contribution in [0.25, 0.3) is 0 Å². The first-order chi connectivity index (χ1) is 9.45. The number of nitrogens with one attached hydrogen (secondary N) is 1. The second-order valence-corrected chi connectivity index (χ2v) is 6.60. The van der Waals surface area contributed by atoms with Crippen molar-refractivity contribution < 1.29 is 9.47 Å². The molecule has 0 bridgehead atoms. The summed E-state index contributed by atoms with van der Waals surface area (Å²) in [5.74, 6) is 1.72. The Hall–Kier alpha value is -1.22. The van der Waals surface area contributed by atoms with E-state index in [4.69, 9.17) is 9.47 Å². The van der Waals surface area contributed by atoms with Crippen LogP contribution in [0.15, 0.2) is 18.2 Å². The van der Waals surface area contributed by atoms with Crippen molar-refractivity contribution in [1.82, 2.24) is 5.32 Å². The van der Waals surface area contributed by atoms with Gasteiger partial charge < -0.3 is 14.8 Å². The lowest BCUT2D eigenvalue weighted by Crippen LogP contribution is -2.30. The summed E-state index contributed by atoms with van der Waals surface area (Å²) in [6.45, 7) is 6.91. The Labute approximate surface area is 122 Å². The molecular weight excluding hydrogens is 250 g/mol. The molecule has 0 radical (unpaired) electrons. The number of rotatable bonds is 5. The number of hydrogen-bond donors (Lipinski definition) is 1. The Kier molecular flexibility index (Phi) is 4.59. The predicted octanol–water partition coefficient (Wildman–Crippen LogP) is 3.93. The molecule has 0 aromatic heterocycles. The lowest BCUT2D eigenvalue weighted by molar-refractivity contribution is 0.351. The van der Waals surface area contributed by atoms with Gasteiger partial charge in [0.2, 0.25) is 0 Å². The smallest absolute Gasteiger partial charge is 0.127 e. The molecule has 1 fully saturated rings. The number of methoxy groups -OCH3 is 2. The highest BCUT2D eigenvalue weighted by Gasteiger charge is 2.31. The molecule has 20 heavy (non-hydrogen) atoms. The summed E-state index contributed by atoms with van der Waals surface area (Å²) < 4.78 is 10.7. The standard InChI is InChI=1S/C17H27NO2/c1-12(18-13-8-9-17(2,3)11-13)15-7-6-14(19-4)10-16(15)20-5/h6-7,10,12-13,18H,8-9,11H2,1-5H3. The minimum atomic E-state index is 0.287. The molecule has 1 aromatic rings. The summed E-state index contributed by atoms with van der Waals surface area (Å²) >= 11 is 0. The van der Waals surface area contributed by atoms with E-state index in [1.54, 1.807) is 14.2 Å². The fourth-order valence-electron chi connectivity index (χ4n) is 3.20. The summed E-state index contributed by atoms with van der Waals surface area (Å²) in [4.78, 5) is 0. The van der Waals surface area contributed by atoms with Crippen molar-refractivity contribution in [2.24, 2.45) is 5.41 Å². The first kappa shape index (κ1) is 15.2. The average Bonchev–Trinajstić information content (AvgIpc) is 2.76. The third-order valence-corrected chi connectivity index (χ3v) is 4.36. The zero-order chi connectivity index (χ0) is 14.8. The Balaban J connectivity index is 2.07. The van der Waals surface area contributed by atoms with E-state index in [0.29, 0.717) is 11.5 Å². The van der Waals surface area contributed by atoms with Crippen molar-refractivity contribution >= 4 is 0 Å². The fourth-order valence-corrected chi connectivity index (χ4v) is 3.20. The van der Waals surface area contributed by atoms with Crippen molar-refractivity contribution in [3.8, 4) is 11.5 Å². The van der Waals surface area contributed by atoms with Crippen LogP contribution in [-0.4, -0.2) is 20.3 Å². The summed E-state index contributed by atoms with van der Waals surface area (Å²) in [5.41, 5.74) is 1.67. The molecule has 3 nitrogen and oxygen atoms in total. The normalized spacial score (nSPS) is 22.6. The van der Waals surface area contributed by atoms with Gasteiger partial charge in [-0.25, -0.2) is 0 Å². The van der Waals surface area contributed by atoms with E-state index in [-0.39, 0.29) is 6.04 Å². The van der Waals surface area contributed by atoms with Gasteiger partial charge in [-0.3, -0.25) is 0 Å². The zero-order valence-corrected chi connectivity index (χ0v) is 13.3. The second kappa shape index (κ2) is 6.04. The molecule has 0 saturated heterocycles. The van der Waals surface area contributed by atoms with Crippen LogP contribution in [0.1, 0.15) is 51.6 Å². The summed E-state index contributed by atoms with van der Waals surface area (Å²) in [6.07, 6.45) is 3.81. The highest BCUT2D eigenvalue weighted by atomic mass is 16.5. The molecule has 0 amide bonds. The molecule has 1 N–H and O–H groups in total. The highest BCUT2D eigenvalue weighted by molar-refractivity contribution is 5.42. The maximum Gasteiger partial charge on any atom is 0.127 e. The molecule has 1 aliphatic rings. The van der Waals surface area contributed by atoms with E-state index in [9.17, 15) is 0 Å². The second-order valence-electron chi connectivity index (χ2n) is 6.60. The van der Waals surface area contributed by atoms with Gasteiger partial charge in [0.05, 0.1) is 14.2 Å². The van der Waals surface area contributed by atoms with E-state index in [0.717, 1.165) is 11.5 Å². The lowest BCUT2D eigenvalue weighted by Gasteiger charge is -2.23. The molecule has 112 valence electrons. The van der Waals surface area contributed by atoms with E-state index >= 15 is 0 Å². The van der Waals surface area contributed by atoms with Crippen molar-refractivity contribution in [2.75, 3.05) is 14.2 Å². The highest BCUT2D eigenvalue weighted by Crippen LogP contribution is 2.38. The van der Waals surface area contributed by atoms with Crippen molar-refractivity contribution in [3.05, 3.63) is 23.8 Å². The average molecular weight is 277 g/mol. The molecule has 1 aromatic carbocycles. The van der Waals surface area contributed by atoms with E-state index in [2.05, 4.69) is 32.2 Å². The van der Waals surface area contributed by atoms with E-state index < -0.39 is 0 Å². The zero-order valence-electron chi connectivity index (χ0n) is 13.3. The summed E-state index contributed by atoms with van der Waals surface area (Å²) in [6, 6.07) is 6.93. The molecule has 2 atom stereocenters. The maximum absolute atomic E-state index is 5.49. The third-order valence-electron chi connectivity index (χ3n) is 4.36. The first-order valence-electron chi connectivity index (χ1n) is 7.43. The van der Waals surface area contributed by atoms with Gasteiger partial charge in [-0.2, -0.15) is 0 Å². The van der Waals surface area contributed by atoms with Crippen LogP contribution in [0, 0.1) is 5.41 Å². The van der Waals surface area contributed by atoms with E-state index in [1.165, 1.54) is 24.8 Å². The van der Waals surface area contributed by atoms with Gasteiger partial charge in [0, 0.05) is 23.7 Å². The van der Waals surface area contributed by atoms with Gasteiger partial charge in [0.1, 0.15) is 11.5 Å². The molecular formula is C17H27NO2. The molecule has 2 unspecified atom stereocenters. The van der Waals surface area contributed by atoms with Gasteiger partial charge in [-0.05, 0) is 37.7 Å². The third kappa shape index (κ3) is 3.45.